The number of rotatable bonds is 3. The zero-order chi connectivity index (χ0) is 9.28. The maximum absolute atomic E-state index is 5.47. The summed E-state index contributed by atoms with van der Waals surface area (Å²) in [6, 6.07) is 0.435. The second-order valence-electron chi connectivity index (χ2n) is 3.38. The molecule has 0 atom stereocenters. The molecule has 0 aromatic heterocycles. The van der Waals surface area contributed by atoms with Gasteiger partial charge >= 0.3 is 0 Å². The molecule has 0 fully saturated rings. The molecule has 70 valence electrons. The van der Waals surface area contributed by atoms with Gasteiger partial charge in [0.15, 0.2) is 0 Å². The summed E-state index contributed by atoms with van der Waals surface area (Å²) in [6.45, 7) is 10.9. The number of hydrogen-bond acceptors (Lipinski definition) is 1. The van der Waals surface area contributed by atoms with Crippen LogP contribution in [0.15, 0.2) is 0 Å². The molecule has 2 N–H and O–H groups in total. The minimum absolute atomic E-state index is 0.435. The quantitative estimate of drug-likeness (QED) is 0.672. The van der Waals surface area contributed by atoms with E-state index < -0.39 is 0 Å². The van der Waals surface area contributed by atoms with Crippen LogP contribution >= 0.6 is 0 Å². The Bertz CT molecular complexity index is 55.9. The predicted octanol–water partition coefficient (Wildman–Crippen LogP) is 3.19. The minimum Gasteiger partial charge on any atom is -0.328 e. The first-order valence-electron chi connectivity index (χ1n) is 4.83. The van der Waals surface area contributed by atoms with E-state index in [1.807, 2.05) is 0 Å². The molecule has 0 aromatic carbocycles. The lowest BCUT2D eigenvalue weighted by atomic mass is 10.2. The molecule has 0 heterocycles. The Morgan fingerprint density at radius 3 is 1.18 bits per heavy atom. The van der Waals surface area contributed by atoms with Gasteiger partial charge in [0, 0.05) is 6.04 Å². The van der Waals surface area contributed by atoms with Gasteiger partial charge < -0.3 is 5.73 Å². The van der Waals surface area contributed by atoms with E-state index in [0.717, 1.165) is 18.8 Å². The average Bonchev–Trinajstić information content (AvgIpc) is 2.04. The molecule has 0 spiro atoms. The molecule has 0 aliphatic carbocycles. The molecule has 1 nitrogen and oxygen atoms in total. The van der Waals surface area contributed by atoms with Crippen molar-refractivity contribution >= 4 is 0 Å². The monoisotopic (exact) mass is 159 g/mol. The summed E-state index contributed by atoms with van der Waals surface area (Å²) in [6.07, 6.45) is 3.52. The summed E-state index contributed by atoms with van der Waals surface area (Å²) < 4.78 is 0. The van der Waals surface area contributed by atoms with E-state index >= 15 is 0 Å². The van der Waals surface area contributed by atoms with Gasteiger partial charge in [-0.2, -0.15) is 0 Å². The van der Waals surface area contributed by atoms with Crippen molar-refractivity contribution in [2.45, 2.75) is 59.9 Å². The summed E-state index contributed by atoms with van der Waals surface area (Å²) in [5.74, 6) is 0.884. The van der Waals surface area contributed by atoms with Crippen molar-refractivity contribution in [2.75, 3.05) is 0 Å². The van der Waals surface area contributed by atoms with Crippen LogP contribution in [0.25, 0.3) is 0 Å². The number of nitrogens with two attached hydrogens (primary N) is 1. The van der Waals surface area contributed by atoms with Gasteiger partial charge in [-0.3, -0.25) is 0 Å². The molecule has 0 bridgehead atoms. The molecule has 0 rings (SSSR count). The van der Waals surface area contributed by atoms with Gasteiger partial charge in [0.25, 0.3) is 0 Å². The zero-order valence-corrected chi connectivity index (χ0v) is 8.85. The first-order valence-corrected chi connectivity index (χ1v) is 4.83. The SMILES string of the molecule is CCC(C)C.CCC(N)CC. The maximum Gasteiger partial charge on any atom is 0.00335 e. The molecule has 0 radical (unpaired) electrons. The summed E-state index contributed by atoms with van der Waals surface area (Å²) >= 11 is 0. The van der Waals surface area contributed by atoms with Crippen LogP contribution < -0.4 is 5.73 Å². The van der Waals surface area contributed by atoms with Crippen LogP contribution in [0.3, 0.4) is 0 Å². The van der Waals surface area contributed by atoms with Gasteiger partial charge in [0.05, 0.1) is 0 Å². The third-order valence-corrected chi connectivity index (χ3v) is 1.87. The topological polar surface area (TPSA) is 26.0 Å². The Hall–Kier alpha value is -0.0400. The molecular formula is C10H25N. The first kappa shape index (κ1) is 13.5. The molecule has 0 aliphatic heterocycles. The van der Waals surface area contributed by atoms with E-state index in [1.165, 1.54) is 6.42 Å². The van der Waals surface area contributed by atoms with Crippen molar-refractivity contribution in [3.05, 3.63) is 0 Å². The summed E-state index contributed by atoms with van der Waals surface area (Å²) in [5, 5.41) is 0. The first-order chi connectivity index (χ1) is 5.08. The van der Waals surface area contributed by atoms with E-state index in [1.54, 1.807) is 0 Å². The Labute approximate surface area is 72.4 Å². The van der Waals surface area contributed by atoms with Gasteiger partial charge in [0.2, 0.25) is 0 Å². The zero-order valence-electron chi connectivity index (χ0n) is 8.85. The highest BCUT2D eigenvalue weighted by Crippen LogP contribution is 1.93. The normalized spacial score (nSPS) is 9.82. The molecule has 0 saturated heterocycles. The Morgan fingerprint density at radius 2 is 1.18 bits per heavy atom. The van der Waals surface area contributed by atoms with Gasteiger partial charge in [-0.15, -0.1) is 0 Å². The second kappa shape index (κ2) is 9.96. The lowest BCUT2D eigenvalue weighted by Crippen LogP contribution is -2.16. The molecular weight excluding hydrogens is 134 g/mol. The van der Waals surface area contributed by atoms with Gasteiger partial charge in [-0.25, -0.2) is 0 Å². The molecule has 1 heteroatoms. The molecule has 0 aliphatic rings. The van der Waals surface area contributed by atoms with Crippen LogP contribution in [0.5, 0.6) is 0 Å². The van der Waals surface area contributed by atoms with Crippen molar-refractivity contribution in [1.82, 2.24) is 0 Å². The average molecular weight is 159 g/mol. The van der Waals surface area contributed by atoms with Gasteiger partial charge in [0.1, 0.15) is 0 Å². The van der Waals surface area contributed by atoms with Crippen molar-refractivity contribution < 1.29 is 0 Å². The fraction of sp³-hybridized carbons (Fsp3) is 1.00. The van der Waals surface area contributed by atoms with Crippen LogP contribution in [0.1, 0.15) is 53.9 Å². The Kier molecular flexibility index (Phi) is 12.3. The largest absolute Gasteiger partial charge is 0.328 e. The van der Waals surface area contributed by atoms with E-state index in [9.17, 15) is 0 Å². The summed E-state index contributed by atoms with van der Waals surface area (Å²) in [5.41, 5.74) is 5.47. The Balaban J connectivity index is 0. The van der Waals surface area contributed by atoms with Gasteiger partial charge in [-0.05, 0) is 18.8 Å². The van der Waals surface area contributed by atoms with Crippen LogP contribution in [0, 0.1) is 5.92 Å². The van der Waals surface area contributed by atoms with Crippen molar-refractivity contribution in [2.24, 2.45) is 11.7 Å². The highest BCUT2D eigenvalue weighted by molar-refractivity contribution is 4.51. The highest BCUT2D eigenvalue weighted by atomic mass is 14.6. The Morgan fingerprint density at radius 1 is 0.909 bits per heavy atom. The molecule has 0 saturated carbocycles. The lowest BCUT2D eigenvalue weighted by molar-refractivity contribution is 0.626. The van der Waals surface area contributed by atoms with Crippen LogP contribution in [-0.2, 0) is 0 Å². The van der Waals surface area contributed by atoms with Crippen molar-refractivity contribution in [1.29, 1.82) is 0 Å². The second-order valence-corrected chi connectivity index (χ2v) is 3.38. The summed E-state index contributed by atoms with van der Waals surface area (Å²) in [7, 11) is 0. The van der Waals surface area contributed by atoms with Crippen LogP contribution in [0.2, 0.25) is 0 Å². The number of hydrogen-bond donors (Lipinski definition) is 1. The molecule has 0 aromatic rings. The third kappa shape index (κ3) is 17.8. The van der Waals surface area contributed by atoms with Crippen LogP contribution in [-0.4, -0.2) is 6.04 Å². The minimum atomic E-state index is 0.435. The molecule has 0 unspecified atom stereocenters. The third-order valence-electron chi connectivity index (χ3n) is 1.87. The van der Waals surface area contributed by atoms with E-state index in [-0.39, 0.29) is 0 Å². The van der Waals surface area contributed by atoms with Crippen molar-refractivity contribution in [3.8, 4) is 0 Å². The van der Waals surface area contributed by atoms with E-state index in [0.29, 0.717) is 6.04 Å². The maximum atomic E-state index is 5.47. The van der Waals surface area contributed by atoms with Crippen LogP contribution in [0.4, 0.5) is 0 Å². The van der Waals surface area contributed by atoms with E-state index in [2.05, 4.69) is 34.6 Å². The van der Waals surface area contributed by atoms with Crippen molar-refractivity contribution in [3.63, 3.8) is 0 Å². The fourth-order valence-corrected chi connectivity index (χ4v) is 0.289. The summed E-state index contributed by atoms with van der Waals surface area (Å²) in [4.78, 5) is 0. The standard InChI is InChI=1S/C5H13N.C5H12/c1-3-5(6)4-2;1-4-5(2)3/h5H,3-4,6H2,1-2H3;5H,4H2,1-3H3. The predicted molar refractivity (Wildman–Crippen MR) is 53.7 cm³/mol. The highest BCUT2D eigenvalue weighted by Gasteiger charge is 1.88. The van der Waals surface area contributed by atoms with E-state index in [4.69, 9.17) is 5.73 Å². The fourth-order valence-electron chi connectivity index (χ4n) is 0.289. The lowest BCUT2D eigenvalue weighted by Gasteiger charge is -1.99. The molecule has 11 heavy (non-hydrogen) atoms. The van der Waals surface area contributed by atoms with Gasteiger partial charge in [-0.1, -0.05) is 41.0 Å². The smallest absolute Gasteiger partial charge is 0.00335 e. The molecule has 0 amide bonds.